The monoisotopic (exact) mass is 483 g/mol. The van der Waals surface area contributed by atoms with Crippen molar-refractivity contribution in [2.45, 2.75) is 47.0 Å². The van der Waals surface area contributed by atoms with E-state index in [0.717, 1.165) is 18.1 Å². The number of hydrogen-bond acceptors (Lipinski definition) is 6. The molecule has 1 N–H and O–H groups in total. The fourth-order valence-electron chi connectivity index (χ4n) is 5.40. The number of nitro benzene ring substituents is 1. The highest BCUT2D eigenvalue weighted by Crippen LogP contribution is 2.71. The standard InChI is InChI=1S/C25H26ClN3O5/c1-15-18(26)9-6-10-19(15)27-22(31)25-12-11-24(4,23(25,2)3)20(14-25)28-34-21(30)16-7-5-8-17(13-16)29(32)33/h5-10,13H,11-12,14H2,1-4H3,(H,27,31). The first kappa shape index (κ1) is 23.9. The molecule has 0 spiro atoms. The molecule has 2 aliphatic carbocycles. The van der Waals surface area contributed by atoms with Crippen LogP contribution in [0.2, 0.25) is 5.02 Å². The highest BCUT2D eigenvalue weighted by atomic mass is 35.5. The summed E-state index contributed by atoms with van der Waals surface area (Å²) >= 11 is 6.23. The van der Waals surface area contributed by atoms with E-state index in [0.29, 0.717) is 29.3 Å². The summed E-state index contributed by atoms with van der Waals surface area (Å²) in [5, 5.41) is 18.8. The van der Waals surface area contributed by atoms with Gasteiger partial charge in [-0.2, -0.15) is 0 Å². The predicted octanol–water partition coefficient (Wildman–Crippen LogP) is 5.92. The number of halogens is 1. The van der Waals surface area contributed by atoms with Crippen LogP contribution in [0.1, 0.15) is 56.0 Å². The van der Waals surface area contributed by atoms with Gasteiger partial charge in [-0.1, -0.05) is 49.7 Å². The smallest absolute Gasteiger partial charge is 0.325 e. The Bertz CT molecular complexity index is 1240. The average molecular weight is 484 g/mol. The molecule has 0 radical (unpaired) electrons. The van der Waals surface area contributed by atoms with Crippen molar-refractivity contribution in [1.82, 2.24) is 0 Å². The molecule has 0 saturated heterocycles. The van der Waals surface area contributed by atoms with Crippen LogP contribution in [0.25, 0.3) is 0 Å². The number of carbonyl (C=O) groups excluding carboxylic acids is 2. The first-order valence-electron chi connectivity index (χ1n) is 11.0. The van der Waals surface area contributed by atoms with Gasteiger partial charge in [-0.3, -0.25) is 14.9 Å². The van der Waals surface area contributed by atoms with Crippen molar-refractivity contribution in [1.29, 1.82) is 0 Å². The second-order valence-corrected chi connectivity index (χ2v) is 10.2. The molecule has 1 amide bonds. The molecule has 2 fully saturated rings. The number of fused-ring (bicyclic) bond motifs is 2. The highest BCUT2D eigenvalue weighted by molar-refractivity contribution is 6.31. The lowest BCUT2D eigenvalue weighted by molar-refractivity contribution is -0.384. The lowest BCUT2D eigenvalue weighted by Gasteiger charge is -2.39. The van der Waals surface area contributed by atoms with Crippen LogP contribution in [0.5, 0.6) is 0 Å². The van der Waals surface area contributed by atoms with E-state index in [1.54, 1.807) is 12.1 Å². The van der Waals surface area contributed by atoms with E-state index in [-0.39, 0.29) is 17.2 Å². The Morgan fingerprint density at radius 2 is 1.85 bits per heavy atom. The molecule has 2 atom stereocenters. The Kier molecular flexibility index (Phi) is 5.76. The van der Waals surface area contributed by atoms with E-state index in [1.807, 2.05) is 19.9 Å². The normalized spacial score (nSPS) is 25.9. The van der Waals surface area contributed by atoms with E-state index in [9.17, 15) is 19.7 Å². The molecular formula is C25H26ClN3O5. The fourth-order valence-corrected chi connectivity index (χ4v) is 5.58. The molecule has 8 nitrogen and oxygen atoms in total. The number of non-ortho nitro benzene ring substituents is 1. The number of rotatable bonds is 5. The Balaban J connectivity index is 1.60. The average Bonchev–Trinajstić information content (AvgIpc) is 3.11. The van der Waals surface area contributed by atoms with E-state index in [2.05, 4.69) is 24.3 Å². The molecule has 2 aromatic rings. The molecule has 2 unspecified atom stereocenters. The van der Waals surface area contributed by atoms with Crippen molar-refractivity contribution in [3.8, 4) is 0 Å². The molecule has 0 aromatic heterocycles. The van der Waals surface area contributed by atoms with Gasteiger partial charge in [0.2, 0.25) is 5.91 Å². The first-order valence-corrected chi connectivity index (χ1v) is 11.4. The molecule has 0 heterocycles. The largest absolute Gasteiger partial charge is 0.365 e. The third kappa shape index (κ3) is 3.48. The van der Waals surface area contributed by atoms with Gasteiger partial charge in [0.1, 0.15) is 0 Å². The number of anilines is 1. The van der Waals surface area contributed by atoms with Crippen molar-refractivity contribution in [3.05, 3.63) is 68.7 Å². The first-order chi connectivity index (χ1) is 15.9. The van der Waals surface area contributed by atoms with Crippen LogP contribution in [-0.2, 0) is 9.63 Å². The van der Waals surface area contributed by atoms with Crippen LogP contribution in [0, 0.1) is 33.3 Å². The van der Waals surface area contributed by atoms with Crippen molar-refractivity contribution >= 4 is 40.6 Å². The summed E-state index contributed by atoms with van der Waals surface area (Å²) in [6.45, 7) is 8.00. The molecule has 34 heavy (non-hydrogen) atoms. The summed E-state index contributed by atoms with van der Waals surface area (Å²) in [6.07, 6.45) is 1.75. The number of nitrogens with one attached hydrogen (secondary N) is 1. The zero-order valence-electron chi connectivity index (χ0n) is 19.5. The predicted molar refractivity (Wildman–Crippen MR) is 129 cm³/mol. The van der Waals surface area contributed by atoms with Crippen molar-refractivity contribution in [3.63, 3.8) is 0 Å². The molecule has 2 aromatic carbocycles. The lowest BCUT2D eigenvalue weighted by Crippen LogP contribution is -2.43. The fraction of sp³-hybridized carbons (Fsp3) is 0.400. The SMILES string of the molecule is Cc1c(Cl)cccc1NC(=O)C12CCC(C)(C(=NOC(=O)c3cccc([N+](=O)[O-])c3)C1)C2(C)C. The maximum Gasteiger partial charge on any atom is 0.365 e. The quantitative estimate of drug-likeness (QED) is 0.322. The van der Waals surface area contributed by atoms with Crippen LogP contribution in [0.3, 0.4) is 0 Å². The summed E-state index contributed by atoms with van der Waals surface area (Å²) in [5.41, 5.74) is 0.304. The third-order valence-corrected chi connectivity index (χ3v) is 8.63. The zero-order chi connectivity index (χ0) is 24.9. The van der Waals surface area contributed by atoms with E-state index < -0.39 is 27.1 Å². The maximum atomic E-state index is 13.6. The molecule has 0 aliphatic heterocycles. The van der Waals surface area contributed by atoms with Crippen LogP contribution in [0.15, 0.2) is 47.6 Å². The van der Waals surface area contributed by atoms with Gasteiger partial charge in [0.25, 0.3) is 5.69 Å². The van der Waals surface area contributed by atoms with Gasteiger partial charge in [-0.15, -0.1) is 0 Å². The number of oxime groups is 1. The third-order valence-electron chi connectivity index (χ3n) is 8.22. The second kappa shape index (κ2) is 8.20. The zero-order valence-corrected chi connectivity index (χ0v) is 20.2. The molecular weight excluding hydrogens is 458 g/mol. The minimum atomic E-state index is -0.784. The number of amides is 1. The Morgan fingerprint density at radius 3 is 2.56 bits per heavy atom. The second-order valence-electron chi connectivity index (χ2n) is 9.81. The summed E-state index contributed by atoms with van der Waals surface area (Å²) < 4.78 is 0. The maximum absolute atomic E-state index is 13.6. The molecule has 2 bridgehead atoms. The van der Waals surface area contributed by atoms with E-state index >= 15 is 0 Å². The summed E-state index contributed by atoms with van der Waals surface area (Å²) in [5.74, 6) is -0.893. The molecule has 9 heteroatoms. The van der Waals surface area contributed by atoms with Gasteiger partial charge < -0.3 is 10.2 Å². The van der Waals surface area contributed by atoms with Crippen LogP contribution in [-0.4, -0.2) is 22.5 Å². The molecule has 178 valence electrons. The van der Waals surface area contributed by atoms with E-state index in [1.165, 1.54) is 18.2 Å². The topological polar surface area (TPSA) is 111 Å². The van der Waals surface area contributed by atoms with Gasteiger partial charge in [-0.05, 0) is 48.9 Å². The Morgan fingerprint density at radius 1 is 1.15 bits per heavy atom. The minimum absolute atomic E-state index is 0.0370. The summed E-state index contributed by atoms with van der Waals surface area (Å²) in [4.78, 5) is 41.8. The number of nitrogens with zero attached hydrogens (tertiary/aromatic N) is 2. The highest BCUT2D eigenvalue weighted by Gasteiger charge is 2.71. The number of nitro groups is 1. The van der Waals surface area contributed by atoms with Gasteiger partial charge in [0.15, 0.2) is 0 Å². The van der Waals surface area contributed by atoms with Crippen LogP contribution >= 0.6 is 11.6 Å². The van der Waals surface area contributed by atoms with Crippen LogP contribution < -0.4 is 5.32 Å². The van der Waals surface area contributed by atoms with Gasteiger partial charge in [0.05, 0.1) is 21.6 Å². The molecule has 2 saturated carbocycles. The van der Waals surface area contributed by atoms with E-state index in [4.69, 9.17) is 16.4 Å². The van der Waals surface area contributed by atoms with Gasteiger partial charge in [0, 0.05) is 34.7 Å². The van der Waals surface area contributed by atoms with Crippen LogP contribution in [0.4, 0.5) is 11.4 Å². The Hall–Kier alpha value is -3.26. The summed E-state index contributed by atoms with van der Waals surface area (Å²) in [6, 6.07) is 10.7. The summed E-state index contributed by atoms with van der Waals surface area (Å²) in [7, 11) is 0. The van der Waals surface area contributed by atoms with Gasteiger partial charge >= 0.3 is 5.97 Å². The number of benzene rings is 2. The van der Waals surface area contributed by atoms with Crippen molar-refractivity contribution in [2.24, 2.45) is 21.4 Å². The number of hydrogen-bond donors (Lipinski definition) is 1. The lowest BCUT2D eigenvalue weighted by atomic mass is 9.64. The number of carbonyl (C=O) groups is 2. The Labute approximate surface area is 202 Å². The molecule has 2 aliphatic rings. The minimum Gasteiger partial charge on any atom is -0.325 e. The molecule has 4 rings (SSSR count). The van der Waals surface area contributed by atoms with Gasteiger partial charge in [-0.25, -0.2) is 4.79 Å². The van der Waals surface area contributed by atoms with Crippen molar-refractivity contribution < 1.29 is 19.3 Å². The van der Waals surface area contributed by atoms with Crippen molar-refractivity contribution in [2.75, 3.05) is 5.32 Å².